The van der Waals surface area contributed by atoms with Gasteiger partial charge in [0, 0.05) is 5.57 Å². The SMILES string of the molecule is C=C/C=C\C=C(/C=C)C(F)(C(F)(F)F)C(F)(F)F. The maximum atomic E-state index is 13.4. The first-order chi connectivity index (χ1) is 8.02. The van der Waals surface area contributed by atoms with Crippen LogP contribution in [0.15, 0.2) is 49.1 Å². The van der Waals surface area contributed by atoms with E-state index < -0.39 is 23.6 Å². The summed E-state index contributed by atoms with van der Waals surface area (Å²) in [5.41, 5.74) is -7.09. The summed E-state index contributed by atoms with van der Waals surface area (Å²) >= 11 is 0. The van der Waals surface area contributed by atoms with Crippen LogP contribution in [-0.4, -0.2) is 18.0 Å². The number of hydrogen-bond acceptors (Lipinski definition) is 0. The summed E-state index contributed by atoms with van der Waals surface area (Å²) in [6.45, 7) is 5.93. The molecule has 0 nitrogen and oxygen atoms in total. The third-order valence-corrected chi connectivity index (χ3v) is 1.92. The summed E-state index contributed by atoms with van der Waals surface area (Å²) in [5.74, 6) is 0. The topological polar surface area (TPSA) is 0 Å². The lowest BCUT2D eigenvalue weighted by molar-refractivity contribution is -0.325. The van der Waals surface area contributed by atoms with Crippen LogP contribution < -0.4 is 0 Å². The van der Waals surface area contributed by atoms with Crippen molar-refractivity contribution in [3.05, 3.63) is 49.1 Å². The van der Waals surface area contributed by atoms with Gasteiger partial charge in [-0.15, -0.1) is 0 Å². The molecular weight excluding hydrogens is 265 g/mol. The lowest BCUT2D eigenvalue weighted by atomic mass is 9.93. The lowest BCUT2D eigenvalue weighted by Gasteiger charge is -2.30. The molecule has 0 N–H and O–H groups in total. The zero-order valence-electron chi connectivity index (χ0n) is 8.95. The van der Waals surface area contributed by atoms with Crippen LogP contribution in [0.25, 0.3) is 0 Å². The second kappa shape index (κ2) is 5.41. The summed E-state index contributed by atoms with van der Waals surface area (Å²) in [7, 11) is 0. The van der Waals surface area contributed by atoms with E-state index in [9.17, 15) is 30.7 Å². The monoisotopic (exact) mass is 274 g/mol. The normalized spacial score (nSPS) is 14.9. The molecule has 0 heterocycles. The van der Waals surface area contributed by atoms with Crippen LogP contribution in [0.1, 0.15) is 0 Å². The van der Waals surface area contributed by atoms with E-state index in [-0.39, 0.29) is 6.08 Å². The van der Waals surface area contributed by atoms with Gasteiger partial charge >= 0.3 is 18.0 Å². The van der Waals surface area contributed by atoms with Gasteiger partial charge in [0.2, 0.25) is 0 Å². The Hall–Kier alpha value is -1.53. The quantitative estimate of drug-likeness (QED) is 0.516. The Labute approximate surface area is 98.8 Å². The van der Waals surface area contributed by atoms with Gasteiger partial charge in [0.15, 0.2) is 0 Å². The third kappa shape index (κ3) is 3.02. The molecule has 18 heavy (non-hydrogen) atoms. The van der Waals surface area contributed by atoms with E-state index in [4.69, 9.17) is 0 Å². The Bertz CT molecular complexity index is 354. The van der Waals surface area contributed by atoms with E-state index in [1.54, 1.807) is 0 Å². The van der Waals surface area contributed by atoms with Crippen molar-refractivity contribution < 1.29 is 30.7 Å². The molecule has 0 unspecified atom stereocenters. The molecule has 102 valence electrons. The maximum Gasteiger partial charge on any atom is 0.435 e. The second-order valence-corrected chi connectivity index (χ2v) is 3.10. The molecule has 0 bridgehead atoms. The van der Waals surface area contributed by atoms with E-state index in [1.807, 2.05) is 0 Å². The van der Waals surface area contributed by atoms with E-state index in [0.717, 1.165) is 18.2 Å². The average molecular weight is 274 g/mol. The molecule has 0 aromatic carbocycles. The van der Waals surface area contributed by atoms with Crippen molar-refractivity contribution in [2.75, 3.05) is 0 Å². The Kier molecular flexibility index (Phi) is 4.95. The number of allylic oxidation sites excluding steroid dienone is 6. The molecular formula is C11H9F7. The summed E-state index contributed by atoms with van der Waals surface area (Å²) in [5, 5.41) is 0. The fourth-order valence-corrected chi connectivity index (χ4v) is 1.05. The predicted molar refractivity (Wildman–Crippen MR) is 53.6 cm³/mol. The summed E-state index contributed by atoms with van der Waals surface area (Å²) in [6, 6.07) is 0. The Morgan fingerprint density at radius 3 is 1.50 bits per heavy atom. The third-order valence-electron chi connectivity index (χ3n) is 1.92. The molecule has 0 aliphatic heterocycles. The van der Waals surface area contributed by atoms with Crippen molar-refractivity contribution in [2.24, 2.45) is 0 Å². The molecule has 0 fully saturated rings. The molecule has 0 saturated heterocycles. The standard InChI is InChI=1S/C11H9F7/c1-3-5-6-7-8(4-2)9(12,10(13,14)15)11(16,17)18/h3-7H,1-2H2/b6-5-,8-7+. The van der Waals surface area contributed by atoms with Crippen molar-refractivity contribution in [1.29, 1.82) is 0 Å². The van der Waals surface area contributed by atoms with Crippen molar-refractivity contribution >= 4 is 0 Å². The van der Waals surface area contributed by atoms with E-state index >= 15 is 0 Å². The summed E-state index contributed by atoms with van der Waals surface area (Å²) in [4.78, 5) is 0. The van der Waals surface area contributed by atoms with E-state index in [1.165, 1.54) is 0 Å². The van der Waals surface area contributed by atoms with Crippen LogP contribution in [0.4, 0.5) is 30.7 Å². The zero-order valence-corrected chi connectivity index (χ0v) is 8.95. The lowest BCUT2D eigenvalue weighted by Crippen LogP contribution is -2.54. The van der Waals surface area contributed by atoms with Gasteiger partial charge in [-0.2, -0.15) is 26.3 Å². The predicted octanol–water partition coefficient (Wildman–Crippen LogP) is 4.67. The molecule has 0 atom stereocenters. The van der Waals surface area contributed by atoms with Crippen LogP contribution in [0.2, 0.25) is 0 Å². The van der Waals surface area contributed by atoms with Gasteiger partial charge in [-0.05, 0) is 0 Å². The minimum absolute atomic E-state index is 0.175. The highest BCUT2D eigenvalue weighted by Crippen LogP contribution is 2.50. The Morgan fingerprint density at radius 2 is 1.22 bits per heavy atom. The Balaban J connectivity index is 5.87. The van der Waals surface area contributed by atoms with Gasteiger partial charge in [-0.3, -0.25) is 0 Å². The number of hydrogen-bond donors (Lipinski definition) is 0. The van der Waals surface area contributed by atoms with Crippen LogP contribution in [-0.2, 0) is 0 Å². The van der Waals surface area contributed by atoms with Gasteiger partial charge in [0.1, 0.15) is 0 Å². The first-order valence-electron chi connectivity index (χ1n) is 4.47. The van der Waals surface area contributed by atoms with Crippen molar-refractivity contribution in [3.63, 3.8) is 0 Å². The largest absolute Gasteiger partial charge is 0.435 e. The van der Waals surface area contributed by atoms with E-state index in [2.05, 4.69) is 13.2 Å². The highest BCUT2D eigenvalue weighted by atomic mass is 19.4. The molecule has 0 spiro atoms. The van der Waals surface area contributed by atoms with E-state index in [0.29, 0.717) is 6.08 Å². The van der Waals surface area contributed by atoms with Gasteiger partial charge in [0.25, 0.3) is 0 Å². The summed E-state index contributed by atoms with van der Waals surface area (Å²) < 4.78 is 87.4. The van der Waals surface area contributed by atoms with Gasteiger partial charge < -0.3 is 0 Å². The average Bonchev–Trinajstić information content (AvgIpc) is 2.20. The zero-order chi connectivity index (χ0) is 14.6. The summed E-state index contributed by atoms with van der Waals surface area (Å²) in [6.07, 6.45) is -8.78. The van der Waals surface area contributed by atoms with Crippen LogP contribution in [0.5, 0.6) is 0 Å². The van der Waals surface area contributed by atoms with Gasteiger partial charge in [-0.25, -0.2) is 4.39 Å². The molecule has 7 heteroatoms. The molecule has 0 saturated carbocycles. The molecule has 0 aromatic heterocycles. The molecule has 0 aromatic rings. The van der Waals surface area contributed by atoms with Crippen LogP contribution in [0, 0.1) is 0 Å². The maximum absolute atomic E-state index is 13.4. The highest BCUT2D eigenvalue weighted by molar-refractivity contribution is 5.35. The fraction of sp³-hybridized carbons (Fsp3) is 0.273. The van der Waals surface area contributed by atoms with Crippen molar-refractivity contribution in [1.82, 2.24) is 0 Å². The molecule has 0 radical (unpaired) electrons. The van der Waals surface area contributed by atoms with Gasteiger partial charge in [-0.1, -0.05) is 43.5 Å². The molecule has 0 aliphatic carbocycles. The van der Waals surface area contributed by atoms with Crippen molar-refractivity contribution in [3.8, 4) is 0 Å². The number of alkyl halides is 7. The molecule has 0 amide bonds. The second-order valence-electron chi connectivity index (χ2n) is 3.10. The first-order valence-corrected chi connectivity index (χ1v) is 4.47. The number of rotatable bonds is 4. The van der Waals surface area contributed by atoms with Crippen LogP contribution in [0.3, 0.4) is 0 Å². The van der Waals surface area contributed by atoms with Crippen LogP contribution >= 0.6 is 0 Å². The smallest absolute Gasteiger partial charge is 0.218 e. The molecule has 0 aliphatic rings. The van der Waals surface area contributed by atoms with Gasteiger partial charge in [0.05, 0.1) is 0 Å². The highest BCUT2D eigenvalue weighted by Gasteiger charge is 2.73. The number of halogens is 7. The molecule has 0 rings (SSSR count). The minimum Gasteiger partial charge on any atom is -0.218 e. The first kappa shape index (κ1) is 16.5. The Morgan fingerprint density at radius 1 is 0.778 bits per heavy atom. The fourth-order valence-electron chi connectivity index (χ4n) is 1.05. The minimum atomic E-state index is -6.13. The van der Waals surface area contributed by atoms with Crippen molar-refractivity contribution in [2.45, 2.75) is 18.0 Å².